The van der Waals surface area contributed by atoms with Gasteiger partial charge in [-0.15, -0.1) is 0 Å². The largest absolute Gasteiger partial charge is 0.392 e. The molecule has 0 saturated carbocycles. The molecule has 1 N–H and O–H groups in total. The van der Waals surface area contributed by atoms with Crippen molar-refractivity contribution in [2.45, 2.75) is 19.6 Å². The second-order valence-electron chi connectivity index (χ2n) is 4.32. The van der Waals surface area contributed by atoms with E-state index >= 15 is 0 Å². The fourth-order valence-corrected chi connectivity index (χ4v) is 3.72. The molecule has 17 heavy (non-hydrogen) atoms. The first-order valence-corrected chi connectivity index (χ1v) is 7.36. The van der Waals surface area contributed by atoms with E-state index in [0.717, 1.165) is 11.3 Å². The van der Waals surface area contributed by atoms with Crippen LogP contribution in [0.5, 0.6) is 0 Å². The van der Waals surface area contributed by atoms with Crippen molar-refractivity contribution in [3.05, 3.63) is 24.0 Å². The van der Waals surface area contributed by atoms with Crippen LogP contribution < -0.4 is 4.90 Å². The Balaban J connectivity index is 2.29. The molecule has 94 valence electrons. The van der Waals surface area contributed by atoms with Crippen LogP contribution >= 0.6 is 0 Å². The van der Waals surface area contributed by atoms with Crippen LogP contribution in [-0.4, -0.2) is 42.6 Å². The minimum absolute atomic E-state index is 0.0617. The van der Waals surface area contributed by atoms with Gasteiger partial charge in [0.15, 0.2) is 9.84 Å². The number of anilines is 1. The molecule has 0 radical (unpaired) electrons. The van der Waals surface area contributed by atoms with E-state index in [1.54, 1.807) is 18.5 Å². The van der Waals surface area contributed by atoms with Crippen molar-refractivity contribution in [3.63, 3.8) is 0 Å². The van der Waals surface area contributed by atoms with Crippen LogP contribution in [0, 0.1) is 0 Å². The van der Waals surface area contributed by atoms with Crippen molar-refractivity contribution in [2.24, 2.45) is 0 Å². The van der Waals surface area contributed by atoms with Gasteiger partial charge in [0, 0.05) is 24.3 Å². The first-order chi connectivity index (χ1) is 8.03. The zero-order valence-electron chi connectivity index (χ0n) is 9.70. The number of sulfone groups is 1. The molecular weight excluding hydrogens is 240 g/mol. The maximum absolute atomic E-state index is 11.5. The van der Waals surface area contributed by atoms with Gasteiger partial charge in [0.2, 0.25) is 0 Å². The van der Waals surface area contributed by atoms with Crippen LogP contribution in [0.25, 0.3) is 0 Å². The topological polar surface area (TPSA) is 70.5 Å². The highest BCUT2D eigenvalue weighted by Gasteiger charge is 2.29. The third-order valence-corrected chi connectivity index (χ3v) is 4.83. The lowest BCUT2D eigenvalue weighted by atomic mass is 10.2. The lowest BCUT2D eigenvalue weighted by Gasteiger charge is -2.35. The molecule has 0 bridgehead atoms. The first-order valence-electron chi connectivity index (χ1n) is 5.54. The van der Waals surface area contributed by atoms with Gasteiger partial charge in [-0.3, -0.25) is 4.98 Å². The SMILES string of the molecule is CC1CS(=O)(=O)CCN1c1cnccc1CO. The number of nitrogens with zero attached hydrogens (tertiary/aromatic N) is 2. The Bertz CT molecular complexity index is 501. The summed E-state index contributed by atoms with van der Waals surface area (Å²) in [5, 5.41) is 9.27. The van der Waals surface area contributed by atoms with E-state index in [4.69, 9.17) is 0 Å². The van der Waals surface area contributed by atoms with Crippen LogP contribution in [0.3, 0.4) is 0 Å². The van der Waals surface area contributed by atoms with Crippen molar-refractivity contribution in [1.82, 2.24) is 4.98 Å². The number of hydrogen-bond acceptors (Lipinski definition) is 5. The highest BCUT2D eigenvalue weighted by Crippen LogP contribution is 2.24. The molecule has 2 heterocycles. The molecule has 5 nitrogen and oxygen atoms in total. The van der Waals surface area contributed by atoms with Gasteiger partial charge >= 0.3 is 0 Å². The Labute approximate surface area is 101 Å². The zero-order chi connectivity index (χ0) is 12.5. The van der Waals surface area contributed by atoms with Gasteiger partial charge < -0.3 is 10.0 Å². The molecule has 1 saturated heterocycles. The second-order valence-corrected chi connectivity index (χ2v) is 6.55. The van der Waals surface area contributed by atoms with Crippen LogP contribution in [0.1, 0.15) is 12.5 Å². The van der Waals surface area contributed by atoms with E-state index < -0.39 is 9.84 Å². The van der Waals surface area contributed by atoms with Crippen molar-refractivity contribution < 1.29 is 13.5 Å². The Morgan fingerprint density at radius 3 is 3.00 bits per heavy atom. The van der Waals surface area contributed by atoms with Crippen molar-refractivity contribution in [3.8, 4) is 0 Å². The summed E-state index contributed by atoms with van der Waals surface area (Å²) < 4.78 is 23.0. The normalized spacial score (nSPS) is 23.6. The highest BCUT2D eigenvalue weighted by atomic mass is 32.2. The van der Waals surface area contributed by atoms with Gasteiger partial charge in [-0.2, -0.15) is 0 Å². The molecular formula is C11H16N2O3S. The molecule has 2 rings (SSSR count). The minimum Gasteiger partial charge on any atom is -0.392 e. The van der Waals surface area contributed by atoms with E-state index in [1.807, 2.05) is 11.8 Å². The number of hydrogen-bond donors (Lipinski definition) is 1. The number of aromatic nitrogens is 1. The maximum atomic E-state index is 11.5. The van der Waals surface area contributed by atoms with Crippen molar-refractivity contribution >= 4 is 15.5 Å². The Kier molecular flexibility index (Phi) is 3.35. The van der Waals surface area contributed by atoms with Crippen molar-refractivity contribution in [2.75, 3.05) is 23.0 Å². The molecule has 1 aliphatic rings. The van der Waals surface area contributed by atoms with Crippen LogP contribution in [-0.2, 0) is 16.4 Å². The summed E-state index contributed by atoms with van der Waals surface area (Å²) in [5.74, 6) is 0.323. The minimum atomic E-state index is -2.92. The molecule has 1 atom stereocenters. The third kappa shape index (κ3) is 2.58. The summed E-state index contributed by atoms with van der Waals surface area (Å²) in [7, 11) is -2.92. The smallest absolute Gasteiger partial charge is 0.154 e. The molecule has 1 aromatic heterocycles. The monoisotopic (exact) mass is 256 g/mol. The van der Waals surface area contributed by atoms with E-state index in [2.05, 4.69) is 4.98 Å². The molecule has 0 aliphatic carbocycles. The average Bonchev–Trinajstić information content (AvgIpc) is 2.28. The summed E-state index contributed by atoms with van der Waals surface area (Å²) in [4.78, 5) is 6.04. The molecule has 0 aromatic carbocycles. The Hall–Kier alpha value is -1.14. The first kappa shape index (κ1) is 12.3. The summed E-state index contributed by atoms with van der Waals surface area (Å²) in [6, 6.07) is 1.67. The average molecular weight is 256 g/mol. The summed E-state index contributed by atoms with van der Waals surface area (Å²) in [6.45, 7) is 2.28. The highest BCUT2D eigenvalue weighted by molar-refractivity contribution is 7.91. The third-order valence-electron chi connectivity index (χ3n) is 3.04. The quantitative estimate of drug-likeness (QED) is 0.818. The predicted molar refractivity (Wildman–Crippen MR) is 65.6 cm³/mol. The maximum Gasteiger partial charge on any atom is 0.154 e. The molecule has 0 amide bonds. The van der Waals surface area contributed by atoms with E-state index in [1.165, 1.54) is 0 Å². The van der Waals surface area contributed by atoms with E-state index in [-0.39, 0.29) is 24.2 Å². The number of aliphatic hydroxyl groups excluding tert-OH is 1. The van der Waals surface area contributed by atoms with E-state index in [0.29, 0.717) is 6.54 Å². The van der Waals surface area contributed by atoms with Gasteiger partial charge in [0.1, 0.15) is 0 Å². The standard InChI is InChI=1S/C11H16N2O3S/c1-9-8-17(15,16)5-4-13(9)11-6-12-3-2-10(11)7-14/h2-3,6,9,14H,4-5,7-8H2,1H3. The van der Waals surface area contributed by atoms with Crippen LogP contribution in [0.4, 0.5) is 5.69 Å². The molecule has 0 spiro atoms. The molecule has 6 heteroatoms. The van der Waals surface area contributed by atoms with E-state index in [9.17, 15) is 13.5 Å². The molecule has 1 aliphatic heterocycles. The summed E-state index contributed by atoms with van der Waals surface area (Å²) in [6.07, 6.45) is 3.31. The summed E-state index contributed by atoms with van der Waals surface area (Å²) in [5.41, 5.74) is 1.61. The molecule has 1 unspecified atom stereocenters. The fraction of sp³-hybridized carbons (Fsp3) is 0.545. The van der Waals surface area contributed by atoms with Gasteiger partial charge in [-0.25, -0.2) is 8.42 Å². The van der Waals surface area contributed by atoms with Gasteiger partial charge in [0.25, 0.3) is 0 Å². The van der Waals surface area contributed by atoms with Gasteiger partial charge in [-0.05, 0) is 13.0 Å². The lowest BCUT2D eigenvalue weighted by Crippen LogP contribution is -2.47. The summed E-state index contributed by atoms with van der Waals surface area (Å²) >= 11 is 0. The van der Waals surface area contributed by atoms with Crippen LogP contribution in [0.15, 0.2) is 18.5 Å². The predicted octanol–water partition coefficient (Wildman–Crippen LogP) is 0.197. The molecule has 1 aromatic rings. The number of aliphatic hydroxyl groups is 1. The van der Waals surface area contributed by atoms with Crippen molar-refractivity contribution in [1.29, 1.82) is 0 Å². The zero-order valence-corrected chi connectivity index (χ0v) is 10.5. The number of rotatable bonds is 2. The second kappa shape index (κ2) is 4.62. The Morgan fingerprint density at radius 2 is 2.35 bits per heavy atom. The molecule has 1 fully saturated rings. The van der Waals surface area contributed by atoms with Gasteiger partial charge in [0.05, 0.1) is 30.0 Å². The van der Waals surface area contributed by atoms with Gasteiger partial charge in [-0.1, -0.05) is 0 Å². The lowest BCUT2D eigenvalue weighted by molar-refractivity contribution is 0.281. The number of pyridine rings is 1. The fourth-order valence-electron chi connectivity index (χ4n) is 2.16. The van der Waals surface area contributed by atoms with Crippen LogP contribution in [0.2, 0.25) is 0 Å². The Morgan fingerprint density at radius 1 is 1.59 bits per heavy atom.